The van der Waals surface area contributed by atoms with Crippen LogP contribution in [-0.2, 0) is 18.9 Å². The van der Waals surface area contributed by atoms with E-state index in [0.29, 0.717) is 18.4 Å². The Morgan fingerprint density at radius 1 is 1.08 bits per heavy atom. The summed E-state index contributed by atoms with van der Waals surface area (Å²) in [6, 6.07) is 1.81. The normalized spacial score (nSPS) is 21.9. The first-order valence-electron chi connectivity index (χ1n) is 8.79. The van der Waals surface area contributed by atoms with Gasteiger partial charge in [-0.15, -0.1) is 0 Å². The van der Waals surface area contributed by atoms with E-state index >= 15 is 0 Å². The Morgan fingerprint density at radius 2 is 1.79 bits per heavy atom. The third-order valence-corrected chi connectivity index (χ3v) is 5.32. The molecule has 7 heteroatoms. The van der Waals surface area contributed by atoms with Gasteiger partial charge in [0.15, 0.2) is 0 Å². The van der Waals surface area contributed by atoms with Gasteiger partial charge in [-0.2, -0.15) is 0 Å². The second-order valence-electron chi connectivity index (χ2n) is 7.02. The highest BCUT2D eigenvalue weighted by Gasteiger charge is 2.29. The van der Waals surface area contributed by atoms with Gasteiger partial charge in [0.05, 0.1) is 5.92 Å². The van der Waals surface area contributed by atoms with E-state index in [0.717, 1.165) is 36.8 Å². The van der Waals surface area contributed by atoms with E-state index in [9.17, 15) is 14.4 Å². The first-order chi connectivity index (χ1) is 11.5. The van der Waals surface area contributed by atoms with Crippen molar-refractivity contribution >= 4 is 11.7 Å². The predicted octanol–water partition coefficient (Wildman–Crippen LogP) is 0.359. The molecule has 1 aromatic heterocycles. The molecule has 24 heavy (non-hydrogen) atoms. The summed E-state index contributed by atoms with van der Waals surface area (Å²) in [6.07, 6.45) is 6.27. The number of hydrogen-bond acceptors (Lipinski definition) is 4. The van der Waals surface area contributed by atoms with Gasteiger partial charge in [-0.1, -0.05) is 12.8 Å². The van der Waals surface area contributed by atoms with E-state index in [1.165, 1.54) is 30.5 Å². The van der Waals surface area contributed by atoms with Gasteiger partial charge < -0.3 is 10.2 Å². The summed E-state index contributed by atoms with van der Waals surface area (Å²) in [5, 5.41) is 3.17. The Hall–Kier alpha value is -2.05. The molecule has 1 saturated heterocycles. The van der Waals surface area contributed by atoms with Crippen molar-refractivity contribution < 1.29 is 4.79 Å². The summed E-state index contributed by atoms with van der Waals surface area (Å²) in [4.78, 5) is 38.6. The summed E-state index contributed by atoms with van der Waals surface area (Å²) in [5.74, 6) is 0.625. The molecular formula is C17H26N4O3. The molecule has 0 radical (unpaired) electrons. The van der Waals surface area contributed by atoms with Crippen LogP contribution in [0, 0.1) is 5.92 Å². The number of rotatable bonds is 3. The van der Waals surface area contributed by atoms with E-state index < -0.39 is 0 Å². The lowest BCUT2D eigenvalue weighted by atomic mass is 9.96. The van der Waals surface area contributed by atoms with Crippen molar-refractivity contribution in [1.29, 1.82) is 0 Å². The highest BCUT2D eigenvalue weighted by Crippen LogP contribution is 2.23. The van der Waals surface area contributed by atoms with Crippen LogP contribution >= 0.6 is 0 Å². The SMILES string of the molecule is Cn1c(N2CCC[C@@H](C(=O)NC3CCCC3)C2)cc(=O)n(C)c1=O. The molecule has 0 unspecified atom stereocenters. The lowest BCUT2D eigenvalue weighted by molar-refractivity contribution is -0.125. The minimum atomic E-state index is -0.338. The molecule has 0 spiro atoms. The molecule has 1 N–H and O–H groups in total. The van der Waals surface area contributed by atoms with E-state index in [-0.39, 0.29) is 23.1 Å². The molecule has 2 fully saturated rings. The smallest absolute Gasteiger partial charge is 0.332 e. The molecular weight excluding hydrogens is 308 g/mol. The van der Waals surface area contributed by atoms with Gasteiger partial charge in [0.2, 0.25) is 5.91 Å². The highest BCUT2D eigenvalue weighted by molar-refractivity contribution is 5.79. The standard InChI is InChI=1S/C17H26N4O3/c1-19-14(10-15(22)20(2)17(19)24)21-9-5-6-12(11-21)16(23)18-13-7-3-4-8-13/h10,12-13H,3-9,11H2,1-2H3,(H,18,23)/t12-/m1/s1. The topological polar surface area (TPSA) is 76.3 Å². The fraction of sp³-hybridized carbons (Fsp3) is 0.706. The van der Waals surface area contributed by atoms with Gasteiger partial charge in [0, 0.05) is 39.3 Å². The quantitative estimate of drug-likeness (QED) is 0.866. The number of piperidine rings is 1. The summed E-state index contributed by atoms with van der Waals surface area (Å²) in [6.45, 7) is 1.31. The van der Waals surface area contributed by atoms with Crippen molar-refractivity contribution in [2.24, 2.45) is 20.0 Å². The number of nitrogens with zero attached hydrogens (tertiary/aromatic N) is 3. The van der Waals surface area contributed by atoms with E-state index in [2.05, 4.69) is 5.32 Å². The average Bonchev–Trinajstić information content (AvgIpc) is 3.09. The molecule has 1 aliphatic heterocycles. The molecule has 0 aromatic carbocycles. The Balaban J connectivity index is 1.75. The number of aromatic nitrogens is 2. The maximum Gasteiger partial charge on any atom is 0.332 e. The first kappa shape index (κ1) is 16.8. The molecule has 1 atom stereocenters. The Bertz CT molecular complexity index is 730. The van der Waals surface area contributed by atoms with Crippen molar-refractivity contribution in [2.45, 2.75) is 44.6 Å². The molecule has 1 amide bonds. The zero-order valence-corrected chi connectivity index (χ0v) is 14.5. The summed E-state index contributed by atoms with van der Waals surface area (Å²) < 4.78 is 2.58. The zero-order chi connectivity index (χ0) is 17.3. The van der Waals surface area contributed by atoms with Gasteiger partial charge in [-0.3, -0.25) is 18.7 Å². The number of nitrogens with one attached hydrogen (secondary N) is 1. The van der Waals surface area contributed by atoms with Crippen LogP contribution in [0.5, 0.6) is 0 Å². The molecule has 132 valence electrons. The fourth-order valence-electron chi connectivity index (χ4n) is 3.81. The molecule has 7 nitrogen and oxygen atoms in total. The predicted molar refractivity (Wildman–Crippen MR) is 92.3 cm³/mol. The molecule has 3 rings (SSSR count). The van der Waals surface area contributed by atoms with E-state index in [1.807, 2.05) is 4.90 Å². The highest BCUT2D eigenvalue weighted by atomic mass is 16.2. The Morgan fingerprint density at radius 3 is 2.50 bits per heavy atom. The maximum atomic E-state index is 12.5. The molecule has 1 saturated carbocycles. The largest absolute Gasteiger partial charge is 0.357 e. The Kier molecular flexibility index (Phi) is 4.78. The third-order valence-electron chi connectivity index (χ3n) is 5.32. The van der Waals surface area contributed by atoms with Crippen LogP contribution in [0.1, 0.15) is 38.5 Å². The van der Waals surface area contributed by atoms with Crippen molar-refractivity contribution in [3.8, 4) is 0 Å². The average molecular weight is 334 g/mol. The molecule has 1 aliphatic carbocycles. The van der Waals surface area contributed by atoms with E-state index in [4.69, 9.17) is 0 Å². The van der Waals surface area contributed by atoms with Crippen LogP contribution in [0.3, 0.4) is 0 Å². The summed E-state index contributed by atoms with van der Waals surface area (Å²) >= 11 is 0. The second kappa shape index (κ2) is 6.83. The minimum absolute atomic E-state index is 0.0847. The zero-order valence-electron chi connectivity index (χ0n) is 14.5. The number of carbonyl (C=O) groups excluding carboxylic acids is 1. The van der Waals surface area contributed by atoms with Gasteiger partial charge in [-0.25, -0.2) is 4.79 Å². The van der Waals surface area contributed by atoms with Gasteiger partial charge in [-0.05, 0) is 25.7 Å². The Labute approximate surface area is 141 Å². The van der Waals surface area contributed by atoms with E-state index in [1.54, 1.807) is 7.05 Å². The monoisotopic (exact) mass is 334 g/mol. The van der Waals surface area contributed by atoms with Crippen molar-refractivity contribution in [3.63, 3.8) is 0 Å². The number of amides is 1. The molecule has 0 bridgehead atoms. The number of hydrogen-bond donors (Lipinski definition) is 1. The lowest BCUT2D eigenvalue weighted by Gasteiger charge is -2.34. The fourth-order valence-corrected chi connectivity index (χ4v) is 3.81. The third kappa shape index (κ3) is 3.25. The number of carbonyl (C=O) groups is 1. The molecule has 2 aliphatic rings. The van der Waals surface area contributed by atoms with Crippen LogP contribution < -0.4 is 21.5 Å². The molecule has 1 aromatic rings. The van der Waals surface area contributed by atoms with Crippen LogP contribution in [0.4, 0.5) is 5.82 Å². The minimum Gasteiger partial charge on any atom is -0.357 e. The summed E-state index contributed by atoms with van der Waals surface area (Å²) in [5.41, 5.74) is -0.652. The van der Waals surface area contributed by atoms with Crippen molar-refractivity contribution in [3.05, 3.63) is 26.9 Å². The van der Waals surface area contributed by atoms with Crippen LogP contribution in [0.25, 0.3) is 0 Å². The van der Waals surface area contributed by atoms with Crippen molar-refractivity contribution in [2.75, 3.05) is 18.0 Å². The van der Waals surface area contributed by atoms with Crippen molar-refractivity contribution in [1.82, 2.24) is 14.5 Å². The van der Waals surface area contributed by atoms with Gasteiger partial charge >= 0.3 is 5.69 Å². The summed E-state index contributed by atoms with van der Waals surface area (Å²) in [7, 11) is 3.14. The maximum absolute atomic E-state index is 12.5. The number of anilines is 1. The first-order valence-corrected chi connectivity index (χ1v) is 8.79. The van der Waals surface area contributed by atoms with Gasteiger partial charge in [0.1, 0.15) is 5.82 Å². The molecule has 2 heterocycles. The van der Waals surface area contributed by atoms with Crippen LogP contribution in [0.15, 0.2) is 15.7 Å². The van der Waals surface area contributed by atoms with Crippen LogP contribution in [0.2, 0.25) is 0 Å². The van der Waals surface area contributed by atoms with Crippen LogP contribution in [-0.4, -0.2) is 34.2 Å². The van der Waals surface area contributed by atoms with Gasteiger partial charge in [0.25, 0.3) is 5.56 Å². The second-order valence-corrected chi connectivity index (χ2v) is 7.02. The lowest BCUT2D eigenvalue weighted by Crippen LogP contribution is -2.48.